The number of carbonyl (C=O) groups excluding carboxylic acids is 4. The fourth-order valence-corrected chi connectivity index (χ4v) is 1.97. The quantitative estimate of drug-likeness (QED) is 0.539. The minimum absolute atomic E-state index is 0.181. The van der Waals surface area contributed by atoms with Crippen LogP contribution in [0.3, 0.4) is 0 Å². The first-order chi connectivity index (χ1) is 10.1. The molecule has 2 aliphatic rings. The minimum Gasteiger partial charge on any atom is -0.381 e. The molecule has 5 heteroatoms. The van der Waals surface area contributed by atoms with Crippen LogP contribution in [-0.4, -0.2) is 36.3 Å². The Morgan fingerprint density at radius 1 is 0.667 bits per heavy atom. The van der Waals surface area contributed by atoms with E-state index in [1.54, 1.807) is 0 Å². The molecule has 0 aromatic rings. The van der Waals surface area contributed by atoms with E-state index in [1.807, 2.05) is 0 Å². The zero-order chi connectivity index (χ0) is 15.2. The summed E-state index contributed by atoms with van der Waals surface area (Å²) in [6.07, 6.45) is 8.28. The molecule has 0 amide bonds. The molecule has 0 spiro atoms. The smallest absolute Gasteiger partial charge is 0.182 e. The molecule has 0 N–H and O–H groups in total. The van der Waals surface area contributed by atoms with Gasteiger partial charge < -0.3 is 4.74 Å². The van der Waals surface area contributed by atoms with Crippen LogP contribution in [0.15, 0.2) is 47.6 Å². The molecule has 21 heavy (non-hydrogen) atoms. The molecule has 0 radical (unpaired) electrons. The maximum Gasteiger partial charge on any atom is 0.182 e. The van der Waals surface area contributed by atoms with Gasteiger partial charge in [-0.05, 0) is 49.3 Å². The maximum atomic E-state index is 11.5. The Morgan fingerprint density at radius 2 is 1.10 bits per heavy atom. The molecule has 0 aromatic carbocycles. The van der Waals surface area contributed by atoms with Crippen molar-refractivity contribution in [3.63, 3.8) is 0 Å². The third kappa shape index (κ3) is 4.29. The fraction of sp³-hybridized carbons (Fsp3) is 0.250. The topological polar surface area (TPSA) is 77.5 Å². The highest BCUT2D eigenvalue weighted by atomic mass is 16.5. The first-order valence-corrected chi connectivity index (χ1v) is 6.58. The number of ketones is 4. The van der Waals surface area contributed by atoms with Gasteiger partial charge in [-0.3, -0.25) is 19.2 Å². The Hall–Kier alpha value is -2.40. The van der Waals surface area contributed by atoms with Crippen LogP contribution in [0.1, 0.15) is 12.8 Å². The van der Waals surface area contributed by atoms with Crippen molar-refractivity contribution in [2.24, 2.45) is 0 Å². The van der Waals surface area contributed by atoms with E-state index in [2.05, 4.69) is 0 Å². The van der Waals surface area contributed by atoms with E-state index in [1.165, 1.54) is 36.5 Å². The lowest BCUT2D eigenvalue weighted by Crippen LogP contribution is -2.12. The summed E-state index contributed by atoms with van der Waals surface area (Å²) in [5, 5.41) is 0. The molecule has 0 saturated heterocycles. The van der Waals surface area contributed by atoms with Gasteiger partial charge in [0.15, 0.2) is 23.1 Å². The van der Waals surface area contributed by atoms with E-state index in [4.69, 9.17) is 4.74 Å². The van der Waals surface area contributed by atoms with E-state index < -0.39 is 0 Å². The molecule has 0 fully saturated rings. The highest BCUT2D eigenvalue weighted by Gasteiger charge is 2.14. The molecule has 0 bridgehead atoms. The van der Waals surface area contributed by atoms with Crippen molar-refractivity contribution >= 4 is 23.1 Å². The predicted molar refractivity (Wildman–Crippen MR) is 74.5 cm³/mol. The number of hydrogen-bond acceptors (Lipinski definition) is 5. The van der Waals surface area contributed by atoms with Gasteiger partial charge in [-0.15, -0.1) is 0 Å². The molecule has 0 heterocycles. The molecular formula is C16H14O5. The average Bonchev–Trinajstić information content (AvgIpc) is 2.45. The molecule has 2 rings (SSSR count). The standard InChI is InChI=1S/C16H14O5/c17-13-1-3-15(19)11(9-13)5-7-21-8-6-12-10-14(18)2-4-16(12)20/h1-4,9-10H,5-8H2. The second-order valence-electron chi connectivity index (χ2n) is 4.65. The Balaban J connectivity index is 1.71. The van der Waals surface area contributed by atoms with Crippen molar-refractivity contribution in [3.8, 4) is 0 Å². The van der Waals surface area contributed by atoms with Crippen molar-refractivity contribution in [1.82, 2.24) is 0 Å². The molecule has 0 unspecified atom stereocenters. The summed E-state index contributed by atoms with van der Waals surface area (Å²) >= 11 is 0. The Morgan fingerprint density at radius 3 is 1.52 bits per heavy atom. The Labute approximate surface area is 121 Å². The predicted octanol–water partition coefficient (Wildman–Crippen LogP) is 1.05. The van der Waals surface area contributed by atoms with Crippen LogP contribution in [-0.2, 0) is 23.9 Å². The zero-order valence-electron chi connectivity index (χ0n) is 11.3. The highest BCUT2D eigenvalue weighted by molar-refractivity contribution is 6.17. The average molecular weight is 286 g/mol. The molecule has 5 nitrogen and oxygen atoms in total. The van der Waals surface area contributed by atoms with Crippen molar-refractivity contribution < 1.29 is 23.9 Å². The van der Waals surface area contributed by atoms with Gasteiger partial charge in [-0.25, -0.2) is 0 Å². The number of allylic oxidation sites excluding steroid dienone is 6. The molecule has 0 aromatic heterocycles. The molecule has 0 aliphatic heterocycles. The Bertz CT molecular complexity index is 563. The minimum atomic E-state index is -0.201. The summed E-state index contributed by atoms with van der Waals surface area (Å²) in [5.74, 6) is -0.765. The fourth-order valence-electron chi connectivity index (χ4n) is 1.97. The first-order valence-electron chi connectivity index (χ1n) is 6.58. The molecule has 0 saturated carbocycles. The van der Waals surface area contributed by atoms with E-state index in [9.17, 15) is 19.2 Å². The van der Waals surface area contributed by atoms with Crippen LogP contribution >= 0.6 is 0 Å². The third-order valence-electron chi connectivity index (χ3n) is 3.10. The van der Waals surface area contributed by atoms with Crippen LogP contribution < -0.4 is 0 Å². The van der Waals surface area contributed by atoms with Gasteiger partial charge in [0, 0.05) is 11.1 Å². The lowest BCUT2D eigenvalue weighted by Gasteiger charge is -2.09. The van der Waals surface area contributed by atoms with Gasteiger partial charge >= 0.3 is 0 Å². The number of ether oxygens (including phenoxy) is 1. The van der Waals surface area contributed by atoms with Gasteiger partial charge in [-0.1, -0.05) is 0 Å². The summed E-state index contributed by atoms with van der Waals surface area (Å²) in [4.78, 5) is 45.2. The van der Waals surface area contributed by atoms with Crippen LogP contribution in [0.25, 0.3) is 0 Å². The van der Waals surface area contributed by atoms with E-state index in [0.717, 1.165) is 0 Å². The van der Waals surface area contributed by atoms with Gasteiger partial charge in [0.2, 0.25) is 0 Å². The lowest BCUT2D eigenvalue weighted by atomic mass is 10.0. The number of carbonyl (C=O) groups is 4. The summed E-state index contributed by atoms with van der Waals surface area (Å²) in [6.45, 7) is 0.563. The summed E-state index contributed by atoms with van der Waals surface area (Å²) in [6, 6.07) is 0. The third-order valence-corrected chi connectivity index (χ3v) is 3.10. The highest BCUT2D eigenvalue weighted by Crippen LogP contribution is 2.12. The van der Waals surface area contributed by atoms with Crippen molar-refractivity contribution in [1.29, 1.82) is 0 Å². The summed E-state index contributed by atoms with van der Waals surface area (Å²) in [7, 11) is 0. The van der Waals surface area contributed by atoms with Crippen molar-refractivity contribution in [2.75, 3.05) is 13.2 Å². The van der Waals surface area contributed by atoms with Gasteiger partial charge in [0.25, 0.3) is 0 Å². The van der Waals surface area contributed by atoms with E-state index in [0.29, 0.717) is 24.0 Å². The van der Waals surface area contributed by atoms with E-state index in [-0.39, 0.29) is 36.3 Å². The number of hydrogen-bond donors (Lipinski definition) is 0. The van der Waals surface area contributed by atoms with Crippen molar-refractivity contribution in [3.05, 3.63) is 47.6 Å². The summed E-state index contributed by atoms with van der Waals surface area (Å²) < 4.78 is 5.35. The molecular weight excluding hydrogens is 272 g/mol. The first kappa shape index (κ1) is 15.0. The van der Waals surface area contributed by atoms with Gasteiger partial charge in [0.1, 0.15) is 0 Å². The molecule has 2 aliphatic carbocycles. The Kier molecular flexibility index (Phi) is 4.90. The van der Waals surface area contributed by atoms with Gasteiger partial charge in [-0.2, -0.15) is 0 Å². The maximum absolute atomic E-state index is 11.5. The van der Waals surface area contributed by atoms with Crippen LogP contribution in [0.4, 0.5) is 0 Å². The largest absolute Gasteiger partial charge is 0.381 e. The summed E-state index contributed by atoms with van der Waals surface area (Å²) in [5.41, 5.74) is 0.849. The van der Waals surface area contributed by atoms with Crippen LogP contribution in [0, 0.1) is 0 Å². The number of rotatable bonds is 6. The van der Waals surface area contributed by atoms with Crippen molar-refractivity contribution in [2.45, 2.75) is 12.8 Å². The second-order valence-corrected chi connectivity index (χ2v) is 4.65. The lowest BCUT2D eigenvalue weighted by molar-refractivity contribution is -0.114. The zero-order valence-corrected chi connectivity index (χ0v) is 11.3. The van der Waals surface area contributed by atoms with Crippen LogP contribution in [0.2, 0.25) is 0 Å². The van der Waals surface area contributed by atoms with E-state index >= 15 is 0 Å². The second kappa shape index (κ2) is 6.85. The SMILES string of the molecule is O=C1C=CC(=O)C(CCOCCC2=CC(=O)C=CC2=O)=C1. The van der Waals surface area contributed by atoms with Gasteiger partial charge in [0.05, 0.1) is 13.2 Å². The molecule has 0 atom stereocenters. The van der Waals surface area contributed by atoms with Crippen LogP contribution in [0.5, 0.6) is 0 Å². The monoisotopic (exact) mass is 286 g/mol. The normalized spacial score (nSPS) is 18.1. The molecule has 108 valence electrons.